The molecule has 4 N–H and O–H groups in total. The van der Waals surface area contributed by atoms with E-state index >= 15 is 0 Å². The van der Waals surface area contributed by atoms with Crippen LogP contribution in [-0.2, 0) is 22.7 Å². The number of rotatable bonds is 0. The Morgan fingerprint density at radius 3 is 0.800 bits per heavy atom. The maximum atomic E-state index is 8.67. The van der Waals surface area contributed by atoms with Crippen molar-refractivity contribution < 1.29 is 88.6 Å². The first-order valence-corrected chi connectivity index (χ1v) is 3.19. The van der Waals surface area contributed by atoms with Crippen molar-refractivity contribution in [2.75, 3.05) is 0 Å². The summed E-state index contributed by atoms with van der Waals surface area (Å²) in [5.41, 5.74) is 0. The van der Waals surface area contributed by atoms with Gasteiger partial charge in [0.25, 0.3) is 22.7 Å². The molecule has 0 aromatic rings. The molecule has 0 aliphatic carbocycles. The van der Waals surface area contributed by atoms with Gasteiger partial charge in [-0.05, 0) is 0 Å². The van der Waals surface area contributed by atoms with Gasteiger partial charge in [-0.15, -0.1) is 0 Å². The van der Waals surface area contributed by atoms with Crippen LogP contribution in [0.25, 0.3) is 0 Å². The molecule has 10 heavy (non-hydrogen) atoms. The number of hydrogen-bond donors (Lipinski definition) is 4. The Labute approximate surface area is 110 Å². The molecule has 0 fully saturated rings. The molecule has 0 saturated carbocycles. The van der Waals surface area contributed by atoms with E-state index < -0.39 is 22.7 Å². The fourth-order valence-electron chi connectivity index (χ4n) is 0. The SMILES string of the molecule is O=S(O)O.O=S(O)O.[H-].[H-].[Na+].[Na+]. The van der Waals surface area contributed by atoms with E-state index in [0.29, 0.717) is 0 Å². The van der Waals surface area contributed by atoms with Crippen molar-refractivity contribution in [1.82, 2.24) is 0 Å². The summed E-state index contributed by atoms with van der Waals surface area (Å²) in [6.07, 6.45) is 0. The predicted octanol–water partition coefficient (Wildman–Crippen LogP) is -6.40. The molecule has 0 radical (unpaired) electrons. The van der Waals surface area contributed by atoms with Gasteiger partial charge in [-0.2, -0.15) is 8.42 Å². The number of hydrogen-bond acceptors (Lipinski definition) is 2. The van der Waals surface area contributed by atoms with Crippen LogP contribution < -0.4 is 59.1 Å². The van der Waals surface area contributed by atoms with Crippen molar-refractivity contribution in [3.05, 3.63) is 0 Å². The zero-order valence-corrected chi connectivity index (χ0v) is 11.1. The first-order valence-electron chi connectivity index (χ1n) is 1.06. The van der Waals surface area contributed by atoms with E-state index in [2.05, 4.69) is 0 Å². The van der Waals surface area contributed by atoms with E-state index in [0.717, 1.165) is 0 Å². The Kier molecular flexibility index (Phi) is 39.3. The third-order valence-electron chi connectivity index (χ3n) is 0. The van der Waals surface area contributed by atoms with Crippen LogP contribution in [0.15, 0.2) is 0 Å². The molecule has 56 valence electrons. The van der Waals surface area contributed by atoms with Gasteiger partial charge in [0.15, 0.2) is 0 Å². The summed E-state index contributed by atoms with van der Waals surface area (Å²) in [6.45, 7) is 0. The van der Waals surface area contributed by atoms with Gasteiger partial charge < -0.3 is 2.85 Å². The van der Waals surface area contributed by atoms with E-state index in [1.54, 1.807) is 0 Å². The maximum Gasteiger partial charge on any atom is 1.00 e. The Hall–Kier alpha value is 2.14. The average molecular weight is 212 g/mol. The molecule has 0 aromatic carbocycles. The molecule has 0 unspecified atom stereocenters. The molecule has 0 atom stereocenters. The predicted molar refractivity (Wildman–Crippen MR) is 29.0 cm³/mol. The van der Waals surface area contributed by atoms with Crippen LogP contribution in [0.5, 0.6) is 0 Å². The molecule has 0 saturated heterocycles. The topological polar surface area (TPSA) is 115 Å². The van der Waals surface area contributed by atoms with Gasteiger partial charge in [-0.3, -0.25) is 18.2 Å². The van der Waals surface area contributed by atoms with Gasteiger partial charge in [0, 0.05) is 0 Å². The molecular formula is H6Na2O6S2. The van der Waals surface area contributed by atoms with Gasteiger partial charge >= 0.3 is 59.1 Å². The van der Waals surface area contributed by atoms with Crippen molar-refractivity contribution in [2.45, 2.75) is 0 Å². The maximum absolute atomic E-state index is 8.67. The summed E-state index contributed by atoms with van der Waals surface area (Å²) < 4.78 is 45.7. The Morgan fingerprint density at radius 1 is 0.800 bits per heavy atom. The van der Waals surface area contributed by atoms with Crippen LogP contribution in [0.4, 0.5) is 0 Å². The zero-order chi connectivity index (χ0) is 7.15. The van der Waals surface area contributed by atoms with Gasteiger partial charge in [0.2, 0.25) is 0 Å². The van der Waals surface area contributed by atoms with E-state index in [4.69, 9.17) is 26.6 Å². The minimum absolute atomic E-state index is 0. The minimum Gasteiger partial charge on any atom is -1.00 e. The standard InChI is InChI=1S/2Na.2H2O3S.2H/c;;2*1-4(2)3;;/h;;2*(H2,1,2,3);;/q2*+1;;;2*-1. The fraction of sp³-hybridized carbons (Fsp3) is 0. The van der Waals surface area contributed by atoms with Crippen molar-refractivity contribution in [2.24, 2.45) is 0 Å². The molecule has 0 aromatic heterocycles. The second-order valence-corrected chi connectivity index (χ2v) is 1.38. The Morgan fingerprint density at radius 2 is 0.800 bits per heavy atom. The monoisotopic (exact) mass is 212 g/mol. The zero-order valence-electron chi connectivity index (χ0n) is 7.42. The van der Waals surface area contributed by atoms with Gasteiger partial charge in [0.1, 0.15) is 0 Å². The van der Waals surface area contributed by atoms with Crippen LogP contribution in [0.2, 0.25) is 0 Å². The smallest absolute Gasteiger partial charge is 1.00 e. The summed E-state index contributed by atoms with van der Waals surface area (Å²) >= 11 is -5.22. The molecule has 10 heteroatoms. The summed E-state index contributed by atoms with van der Waals surface area (Å²) in [7, 11) is 0. The van der Waals surface area contributed by atoms with E-state index in [-0.39, 0.29) is 62.0 Å². The normalized spacial score (nSPS) is 7.00. The summed E-state index contributed by atoms with van der Waals surface area (Å²) in [4.78, 5) is 0. The van der Waals surface area contributed by atoms with Gasteiger partial charge in [-0.25, -0.2) is 0 Å². The molecule has 0 aliphatic heterocycles. The van der Waals surface area contributed by atoms with Crippen LogP contribution in [0.1, 0.15) is 2.85 Å². The van der Waals surface area contributed by atoms with Crippen LogP contribution in [-0.4, -0.2) is 26.6 Å². The summed E-state index contributed by atoms with van der Waals surface area (Å²) in [5.74, 6) is 0. The van der Waals surface area contributed by atoms with Crippen molar-refractivity contribution in [3.8, 4) is 0 Å². The van der Waals surface area contributed by atoms with Crippen molar-refractivity contribution in [1.29, 1.82) is 0 Å². The molecule has 0 aliphatic rings. The van der Waals surface area contributed by atoms with Crippen LogP contribution in [0.3, 0.4) is 0 Å². The molecule has 0 spiro atoms. The fourth-order valence-corrected chi connectivity index (χ4v) is 0. The average Bonchev–Trinajstić information content (AvgIpc) is 1.25. The van der Waals surface area contributed by atoms with Crippen LogP contribution in [0, 0.1) is 0 Å². The molecule has 0 rings (SSSR count). The van der Waals surface area contributed by atoms with E-state index in [9.17, 15) is 0 Å². The molecule has 0 heterocycles. The summed E-state index contributed by atoms with van der Waals surface area (Å²) in [6, 6.07) is 0. The van der Waals surface area contributed by atoms with Crippen molar-refractivity contribution >= 4 is 22.7 Å². The molecule has 0 amide bonds. The first kappa shape index (κ1) is 22.7. The van der Waals surface area contributed by atoms with E-state index in [1.165, 1.54) is 0 Å². The second kappa shape index (κ2) is 17.3. The molecule has 6 nitrogen and oxygen atoms in total. The Bertz CT molecular complexity index is 79.5. The third kappa shape index (κ3) is 185. The first-order chi connectivity index (χ1) is 3.46. The summed E-state index contributed by atoms with van der Waals surface area (Å²) in [5, 5.41) is 0. The largest absolute Gasteiger partial charge is 1.00 e. The molecular weight excluding hydrogens is 206 g/mol. The van der Waals surface area contributed by atoms with Crippen molar-refractivity contribution in [3.63, 3.8) is 0 Å². The minimum atomic E-state index is -2.61. The van der Waals surface area contributed by atoms with Crippen LogP contribution >= 0.6 is 0 Å². The molecule has 0 bridgehead atoms. The van der Waals surface area contributed by atoms with E-state index in [1.807, 2.05) is 0 Å². The Balaban J connectivity index is -0.0000000112. The second-order valence-electron chi connectivity index (χ2n) is 0.461. The van der Waals surface area contributed by atoms with Gasteiger partial charge in [-0.1, -0.05) is 0 Å². The quantitative estimate of drug-likeness (QED) is 0.234. The third-order valence-corrected chi connectivity index (χ3v) is 0. The van der Waals surface area contributed by atoms with Gasteiger partial charge in [0.05, 0.1) is 0 Å².